The summed E-state index contributed by atoms with van der Waals surface area (Å²) in [5, 5.41) is 18.0. The highest BCUT2D eigenvalue weighted by Crippen LogP contribution is 2.29. The van der Waals surface area contributed by atoms with Gasteiger partial charge in [0.2, 0.25) is 0 Å². The average Bonchev–Trinajstić information content (AvgIpc) is 2.19. The lowest BCUT2D eigenvalue weighted by molar-refractivity contribution is -0.138. The number of aromatic hydroxyl groups is 1. The Balaban J connectivity index is 2.87. The van der Waals surface area contributed by atoms with E-state index in [2.05, 4.69) is 26.1 Å². The number of aliphatic carboxylic acids is 1. The van der Waals surface area contributed by atoms with Gasteiger partial charge in [0.15, 0.2) is 0 Å². The molecule has 0 bridgehead atoms. The second-order valence-electron chi connectivity index (χ2n) is 2.92. The summed E-state index contributed by atoms with van der Waals surface area (Å²) in [5.41, 5.74) is 0.866. The quantitative estimate of drug-likeness (QED) is 0.388. The van der Waals surface area contributed by atoms with Crippen molar-refractivity contribution in [3.8, 4) is 5.75 Å². The number of benzene rings is 1. The van der Waals surface area contributed by atoms with Gasteiger partial charge in [-0.2, -0.15) is 0 Å². The summed E-state index contributed by atoms with van der Waals surface area (Å²) in [4.78, 5) is 10.9. The fourth-order valence-corrected chi connectivity index (χ4v) is 3.29. The van der Waals surface area contributed by atoms with Crippen molar-refractivity contribution in [2.45, 2.75) is 9.97 Å². The van der Waals surface area contributed by atoms with E-state index >= 15 is 0 Å². The van der Waals surface area contributed by atoms with Gasteiger partial charge in [-0.05, 0) is 17.7 Å². The average molecular weight is 433 g/mol. The number of phenolic OH excluding ortho intramolecular Hbond substituents is 1. The Labute approximate surface area is 115 Å². The van der Waals surface area contributed by atoms with Gasteiger partial charge in [-0.15, -0.1) is 0 Å². The van der Waals surface area contributed by atoms with Crippen molar-refractivity contribution in [3.05, 3.63) is 29.8 Å². The molecule has 0 aliphatic rings. The predicted molar refractivity (Wildman–Crippen MR) is 73.4 cm³/mol. The molecule has 0 aliphatic heterocycles. The van der Waals surface area contributed by atoms with Gasteiger partial charge < -0.3 is 10.2 Å². The van der Waals surface area contributed by atoms with Crippen molar-refractivity contribution >= 4 is 51.4 Å². The predicted octanol–water partition coefficient (Wildman–Crippen LogP) is 2.26. The highest BCUT2D eigenvalue weighted by atomic mass is 127. The standard InChI is InChI=1S/C9H9I2NO3/c10-7(8(12-11)9(14)15)5-1-3-6(13)4-2-5/h1-4,7-8,12-13H,(H,14,15)/t7?,8-/m0/s1. The van der Waals surface area contributed by atoms with Crippen molar-refractivity contribution < 1.29 is 15.0 Å². The van der Waals surface area contributed by atoms with E-state index in [0.717, 1.165) is 5.56 Å². The number of hydrogen-bond donors (Lipinski definition) is 3. The summed E-state index contributed by atoms with van der Waals surface area (Å²) < 4.78 is 2.53. The summed E-state index contributed by atoms with van der Waals surface area (Å²) in [7, 11) is 0. The maximum Gasteiger partial charge on any atom is 0.322 e. The van der Waals surface area contributed by atoms with Gasteiger partial charge in [0.1, 0.15) is 11.8 Å². The Bertz CT molecular complexity index is 342. The van der Waals surface area contributed by atoms with Crippen molar-refractivity contribution in [1.29, 1.82) is 0 Å². The molecule has 3 N–H and O–H groups in total. The van der Waals surface area contributed by atoms with Crippen LogP contribution in [-0.2, 0) is 4.79 Å². The molecular formula is C9H9I2NO3. The van der Waals surface area contributed by atoms with Gasteiger partial charge in [-0.3, -0.25) is 4.79 Å². The normalized spacial score (nSPS) is 14.5. The number of rotatable bonds is 4. The van der Waals surface area contributed by atoms with Gasteiger partial charge in [-0.1, -0.05) is 34.7 Å². The molecule has 0 fully saturated rings. The number of halogens is 2. The lowest BCUT2D eigenvalue weighted by Gasteiger charge is -2.17. The van der Waals surface area contributed by atoms with Crippen LogP contribution in [0.5, 0.6) is 5.75 Å². The van der Waals surface area contributed by atoms with Gasteiger partial charge in [0, 0.05) is 22.9 Å². The zero-order valence-electron chi connectivity index (χ0n) is 7.52. The number of hydrogen-bond acceptors (Lipinski definition) is 3. The first-order chi connectivity index (χ1) is 7.06. The van der Waals surface area contributed by atoms with Crippen LogP contribution in [0.1, 0.15) is 9.49 Å². The number of nitrogens with one attached hydrogen (secondary N) is 1. The maximum atomic E-state index is 10.9. The minimum absolute atomic E-state index is 0.177. The molecule has 0 heterocycles. The minimum Gasteiger partial charge on any atom is -0.508 e. The van der Waals surface area contributed by atoms with Crippen LogP contribution in [-0.4, -0.2) is 22.2 Å². The third-order valence-corrected chi connectivity index (χ3v) is 4.00. The molecule has 1 aromatic carbocycles. The van der Waals surface area contributed by atoms with E-state index in [0.29, 0.717) is 0 Å². The fraction of sp³-hybridized carbons (Fsp3) is 0.222. The number of carbonyl (C=O) groups is 1. The number of alkyl halides is 1. The van der Waals surface area contributed by atoms with E-state index in [-0.39, 0.29) is 9.67 Å². The zero-order valence-corrected chi connectivity index (χ0v) is 11.8. The first-order valence-corrected chi connectivity index (χ1v) is 6.40. The molecule has 15 heavy (non-hydrogen) atoms. The topological polar surface area (TPSA) is 69.6 Å². The third-order valence-electron chi connectivity index (χ3n) is 1.89. The molecular weight excluding hydrogens is 424 g/mol. The molecule has 0 radical (unpaired) electrons. The molecule has 1 unspecified atom stereocenters. The molecule has 0 saturated carbocycles. The first kappa shape index (κ1) is 13.0. The van der Waals surface area contributed by atoms with Gasteiger partial charge in [-0.25, -0.2) is 3.53 Å². The van der Waals surface area contributed by atoms with E-state index in [9.17, 15) is 4.79 Å². The van der Waals surface area contributed by atoms with Crippen LogP contribution in [0.2, 0.25) is 0 Å². The monoisotopic (exact) mass is 433 g/mol. The SMILES string of the molecule is O=C(O)[C@@H](NI)C(I)c1ccc(O)cc1. The Morgan fingerprint density at radius 2 is 1.87 bits per heavy atom. The Hall–Kier alpha value is -0.0900. The van der Waals surface area contributed by atoms with Crippen LogP contribution in [0, 0.1) is 0 Å². The lowest BCUT2D eigenvalue weighted by atomic mass is 10.1. The van der Waals surface area contributed by atoms with E-state index in [1.165, 1.54) is 0 Å². The summed E-state index contributed by atoms with van der Waals surface area (Å²) >= 11 is 3.90. The third kappa shape index (κ3) is 3.45. The highest BCUT2D eigenvalue weighted by molar-refractivity contribution is 14.1. The summed E-state index contributed by atoms with van der Waals surface area (Å²) in [6.45, 7) is 0. The smallest absolute Gasteiger partial charge is 0.322 e. The molecule has 82 valence electrons. The minimum atomic E-state index is -0.892. The van der Waals surface area contributed by atoms with Crippen LogP contribution in [0.3, 0.4) is 0 Å². The van der Waals surface area contributed by atoms with Crippen LogP contribution < -0.4 is 3.53 Å². The Morgan fingerprint density at radius 1 is 1.33 bits per heavy atom. The van der Waals surface area contributed by atoms with Gasteiger partial charge in [0.25, 0.3) is 0 Å². The number of phenols is 1. The zero-order chi connectivity index (χ0) is 11.4. The molecule has 0 saturated heterocycles. The molecule has 0 spiro atoms. The van der Waals surface area contributed by atoms with Crippen molar-refractivity contribution in [2.75, 3.05) is 0 Å². The number of carboxylic acids is 1. The van der Waals surface area contributed by atoms with Crippen LogP contribution >= 0.6 is 45.5 Å². The molecule has 1 rings (SSSR count). The van der Waals surface area contributed by atoms with Gasteiger partial charge >= 0.3 is 5.97 Å². The maximum absolute atomic E-state index is 10.9. The van der Waals surface area contributed by atoms with E-state index in [4.69, 9.17) is 10.2 Å². The largest absolute Gasteiger partial charge is 0.508 e. The molecule has 4 nitrogen and oxygen atoms in total. The molecule has 1 aromatic rings. The van der Waals surface area contributed by atoms with E-state index < -0.39 is 12.0 Å². The molecule has 0 amide bonds. The lowest BCUT2D eigenvalue weighted by Crippen LogP contribution is -2.33. The van der Waals surface area contributed by atoms with Crippen molar-refractivity contribution in [2.24, 2.45) is 0 Å². The second-order valence-corrected chi connectivity index (χ2v) is 4.88. The summed E-state index contributed by atoms with van der Waals surface area (Å²) in [6, 6.07) is 5.89. The Kier molecular flexibility index (Phi) is 5.06. The number of carboxylic acid groups (broad SMARTS) is 1. The first-order valence-electron chi connectivity index (χ1n) is 4.08. The molecule has 6 heteroatoms. The fourth-order valence-electron chi connectivity index (χ4n) is 1.08. The Morgan fingerprint density at radius 3 is 2.27 bits per heavy atom. The molecule has 2 atom stereocenters. The molecule has 0 aromatic heterocycles. The van der Waals surface area contributed by atoms with Crippen LogP contribution in [0.25, 0.3) is 0 Å². The summed E-state index contributed by atoms with van der Waals surface area (Å²) in [5.74, 6) is -0.714. The molecule has 0 aliphatic carbocycles. The highest BCUT2D eigenvalue weighted by Gasteiger charge is 2.26. The van der Waals surface area contributed by atoms with Crippen LogP contribution in [0.15, 0.2) is 24.3 Å². The summed E-state index contributed by atoms with van der Waals surface area (Å²) in [6.07, 6.45) is 0. The van der Waals surface area contributed by atoms with Gasteiger partial charge in [0.05, 0.1) is 3.92 Å². The van der Waals surface area contributed by atoms with Crippen LogP contribution in [0.4, 0.5) is 0 Å². The van der Waals surface area contributed by atoms with E-state index in [1.54, 1.807) is 24.3 Å². The van der Waals surface area contributed by atoms with Crippen molar-refractivity contribution in [3.63, 3.8) is 0 Å². The van der Waals surface area contributed by atoms with E-state index in [1.807, 2.05) is 22.9 Å². The second kappa shape index (κ2) is 5.85. The van der Waals surface area contributed by atoms with Crippen molar-refractivity contribution in [1.82, 2.24) is 3.53 Å².